The molecule has 3 aromatic heterocycles. The number of hydrogen-bond donors (Lipinski definition) is 0. The van der Waals surface area contributed by atoms with E-state index in [1.165, 1.54) is 0 Å². The van der Waals surface area contributed by atoms with Crippen LogP contribution >= 0.6 is 11.3 Å². The third-order valence-corrected chi connectivity index (χ3v) is 5.04. The number of likely N-dealkylation sites (tertiary alicyclic amines) is 1. The Balaban J connectivity index is 1.44. The third-order valence-electron chi connectivity index (χ3n) is 4.35. The van der Waals surface area contributed by atoms with Gasteiger partial charge in [-0.2, -0.15) is 21.4 Å². The fraction of sp³-hybridized carbons (Fsp3) is 0.375. The number of carbonyl (C=O) groups excluding carboxylic acids is 1. The number of nitrogens with zero attached hydrogens (tertiary/aromatic N) is 5. The van der Waals surface area contributed by atoms with Crippen molar-refractivity contribution in [1.29, 1.82) is 0 Å². The first-order valence-corrected chi connectivity index (χ1v) is 8.81. The van der Waals surface area contributed by atoms with Gasteiger partial charge in [0.1, 0.15) is 6.04 Å². The molecule has 0 aromatic carbocycles. The minimum Gasteiger partial charge on any atom is -0.340 e. The SMILES string of the molecule is C[C@H](C(=O)N1CC[C@@H](c2noc(-c3ccsc3)n2)C1)n1cccn1. The standard InChI is InChI=1S/C16H17N5O2S/c1-11(21-6-2-5-17-21)16(22)20-7-3-12(9-20)14-18-15(23-19-14)13-4-8-24-10-13/h2,4-6,8,10-12H,3,7,9H2,1H3/t11-,12-/m1/s1. The minimum atomic E-state index is -0.301. The Morgan fingerprint density at radius 1 is 1.50 bits per heavy atom. The highest BCUT2D eigenvalue weighted by Crippen LogP contribution is 2.29. The maximum Gasteiger partial charge on any atom is 0.258 e. The maximum atomic E-state index is 12.6. The lowest BCUT2D eigenvalue weighted by molar-refractivity contribution is -0.133. The maximum absolute atomic E-state index is 12.6. The summed E-state index contributed by atoms with van der Waals surface area (Å²) in [6.07, 6.45) is 4.34. The van der Waals surface area contributed by atoms with Crippen molar-refractivity contribution >= 4 is 17.2 Å². The van der Waals surface area contributed by atoms with E-state index >= 15 is 0 Å². The first-order valence-electron chi connectivity index (χ1n) is 7.86. The van der Waals surface area contributed by atoms with Crippen LogP contribution in [0.25, 0.3) is 11.5 Å². The highest BCUT2D eigenvalue weighted by molar-refractivity contribution is 7.08. The van der Waals surface area contributed by atoms with Crippen molar-refractivity contribution in [3.05, 3.63) is 41.1 Å². The smallest absolute Gasteiger partial charge is 0.258 e. The fourth-order valence-corrected chi connectivity index (χ4v) is 3.59. The van der Waals surface area contributed by atoms with E-state index in [-0.39, 0.29) is 17.9 Å². The number of aromatic nitrogens is 4. The molecule has 1 saturated heterocycles. The van der Waals surface area contributed by atoms with Crippen LogP contribution in [0.1, 0.15) is 31.1 Å². The van der Waals surface area contributed by atoms with E-state index in [2.05, 4.69) is 15.2 Å². The molecule has 0 unspecified atom stereocenters. The molecule has 24 heavy (non-hydrogen) atoms. The molecule has 0 saturated carbocycles. The molecule has 1 aliphatic heterocycles. The molecule has 1 amide bonds. The summed E-state index contributed by atoms with van der Waals surface area (Å²) in [4.78, 5) is 19.0. The lowest BCUT2D eigenvalue weighted by Gasteiger charge is -2.20. The first-order chi connectivity index (χ1) is 11.7. The predicted octanol–water partition coefficient (Wildman–Crippen LogP) is 2.57. The number of amides is 1. The molecule has 0 spiro atoms. The Morgan fingerprint density at radius 2 is 2.42 bits per heavy atom. The van der Waals surface area contributed by atoms with Crippen molar-refractivity contribution in [2.45, 2.75) is 25.3 Å². The molecule has 3 aromatic rings. The van der Waals surface area contributed by atoms with Gasteiger partial charge in [-0.25, -0.2) is 0 Å². The van der Waals surface area contributed by atoms with Gasteiger partial charge in [-0.3, -0.25) is 9.48 Å². The molecule has 124 valence electrons. The van der Waals surface area contributed by atoms with Gasteiger partial charge in [0.25, 0.3) is 5.89 Å². The molecule has 2 atom stereocenters. The fourth-order valence-electron chi connectivity index (χ4n) is 2.96. The number of carbonyl (C=O) groups is 1. The van der Waals surface area contributed by atoms with Crippen LogP contribution in [0.3, 0.4) is 0 Å². The van der Waals surface area contributed by atoms with Gasteiger partial charge >= 0.3 is 0 Å². The second-order valence-corrected chi connectivity index (χ2v) is 6.68. The highest BCUT2D eigenvalue weighted by Gasteiger charge is 2.33. The van der Waals surface area contributed by atoms with Gasteiger partial charge in [0, 0.05) is 36.8 Å². The van der Waals surface area contributed by atoms with E-state index < -0.39 is 0 Å². The normalized spacial score (nSPS) is 18.9. The molecular weight excluding hydrogens is 326 g/mol. The zero-order valence-electron chi connectivity index (χ0n) is 13.2. The van der Waals surface area contributed by atoms with Crippen LogP contribution < -0.4 is 0 Å². The Kier molecular flexibility index (Phi) is 3.89. The molecular formula is C16H17N5O2S. The monoisotopic (exact) mass is 343 g/mol. The van der Waals surface area contributed by atoms with Gasteiger partial charge in [-0.05, 0) is 30.9 Å². The summed E-state index contributed by atoms with van der Waals surface area (Å²) in [5.74, 6) is 1.41. The van der Waals surface area contributed by atoms with Crippen molar-refractivity contribution in [2.24, 2.45) is 0 Å². The van der Waals surface area contributed by atoms with Crippen LogP contribution in [0.15, 0.2) is 39.8 Å². The Bertz CT molecular complexity index is 812. The molecule has 4 rings (SSSR count). The quantitative estimate of drug-likeness (QED) is 0.727. The van der Waals surface area contributed by atoms with E-state index in [0.29, 0.717) is 24.8 Å². The summed E-state index contributed by atoms with van der Waals surface area (Å²) in [5, 5.41) is 12.2. The van der Waals surface area contributed by atoms with Gasteiger partial charge in [0.2, 0.25) is 5.91 Å². The van der Waals surface area contributed by atoms with E-state index in [9.17, 15) is 4.79 Å². The van der Waals surface area contributed by atoms with Gasteiger partial charge in [-0.1, -0.05) is 5.16 Å². The van der Waals surface area contributed by atoms with E-state index in [0.717, 1.165) is 12.0 Å². The van der Waals surface area contributed by atoms with Crippen LogP contribution in [-0.4, -0.2) is 43.8 Å². The van der Waals surface area contributed by atoms with Crippen molar-refractivity contribution in [1.82, 2.24) is 24.8 Å². The topological polar surface area (TPSA) is 77.0 Å². The summed E-state index contributed by atoms with van der Waals surface area (Å²) >= 11 is 1.59. The summed E-state index contributed by atoms with van der Waals surface area (Å²) < 4.78 is 7.03. The molecule has 4 heterocycles. The first kappa shape index (κ1) is 15.1. The predicted molar refractivity (Wildman–Crippen MR) is 88.5 cm³/mol. The van der Waals surface area contributed by atoms with Crippen LogP contribution in [-0.2, 0) is 4.79 Å². The van der Waals surface area contributed by atoms with E-state index in [1.807, 2.05) is 40.9 Å². The molecule has 0 bridgehead atoms. The van der Waals surface area contributed by atoms with E-state index in [4.69, 9.17) is 4.52 Å². The second-order valence-electron chi connectivity index (χ2n) is 5.90. The Hall–Kier alpha value is -2.48. The lowest BCUT2D eigenvalue weighted by Crippen LogP contribution is -2.34. The van der Waals surface area contributed by atoms with Crippen LogP contribution in [0.2, 0.25) is 0 Å². The van der Waals surface area contributed by atoms with Crippen LogP contribution in [0, 0.1) is 0 Å². The van der Waals surface area contributed by atoms with Crippen LogP contribution in [0.5, 0.6) is 0 Å². The van der Waals surface area contributed by atoms with Gasteiger partial charge < -0.3 is 9.42 Å². The second kappa shape index (κ2) is 6.20. The van der Waals surface area contributed by atoms with Crippen molar-refractivity contribution < 1.29 is 9.32 Å². The number of rotatable bonds is 4. The summed E-state index contributed by atoms with van der Waals surface area (Å²) in [6.45, 7) is 3.19. The average molecular weight is 343 g/mol. The van der Waals surface area contributed by atoms with Crippen molar-refractivity contribution in [3.63, 3.8) is 0 Å². The average Bonchev–Trinajstić information content (AvgIpc) is 3.40. The molecule has 0 N–H and O–H groups in total. The van der Waals surface area contributed by atoms with Crippen molar-refractivity contribution in [3.8, 4) is 11.5 Å². The third kappa shape index (κ3) is 2.73. The Labute approximate surface area is 142 Å². The van der Waals surface area contributed by atoms with Crippen LogP contribution in [0.4, 0.5) is 0 Å². The number of thiophene rings is 1. The van der Waals surface area contributed by atoms with Gasteiger partial charge in [-0.15, -0.1) is 0 Å². The van der Waals surface area contributed by atoms with E-state index in [1.54, 1.807) is 22.2 Å². The lowest BCUT2D eigenvalue weighted by atomic mass is 10.1. The molecule has 0 aliphatic carbocycles. The van der Waals surface area contributed by atoms with Crippen molar-refractivity contribution in [2.75, 3.05) is 13.1 Å². The summed E-state index contributed by atoms with van der Waals surface area (Å²) in [6, 6.07) is 3.48. The molecule has 8 heteroatoms. The molecule has 7 nitrogen and oxygen atoms in total. The zero-order valence-corrected chi connectivity index (χ0v) is 14.0. The summed E-state index contributed by atoms with van der Waals surface area (Å²) in [7, 11) is 0. The highest BCUT2D eigenvalue weighted by atomic mass is 32.1. The zero-order chi connectivity index (χ0) is 16.5. The molecule has 1 fully saturated rings. The summed E-state index contributed by atoms with van der Waals surface area (Å²) in [5.41, 5.74) is 0.942. The molecule has 1 aliphatic rings. The van der Waals surface area contributed by atoms with Gasteiger partial charge in [0.15, 0.2) is 5.82 Å². The minimum absolute atomic E-state index is 0.0720. The Morgan fingerprint density at radius 3 is 3.17 bits per heavy atom. The largest absolute Gasteiger partial charge is 0.340 e. The molecule has 0 radical (unpaired) electrons. The van der Waals surface area contributed by atoms with Gasteiger partial charge in [0.05, 0.1) is 5.56 Å². The number of hydrogen-bond acceptors (Lipinski definition) is 6.